The second-order valence-electron chi connectivity index (χ2n) is 6.70. The predicted molar refractivity (Wildman–Crippen MR) is 108 cm³/mol. The molecular formula is C18H16N6O3S2. The van der Waals surface area contributed by atoms with Crippen LogP contribution in [0.1, 0.15) is 10.5 Å². The van der Waals surface area contributed by atoms with Gasteiger partial charge in [0.15, 0.2) is 5.69 Å². The van der Waals surface area contributed by atoms with E-state index in [2.05, 4.69) is 18.9 Å². The van der Waals surface area contributed by atoms with Crippen LogP contribution in [0.2, 0.25) is 0 Å². The highest BCUT2D eigenvalue weighted by molar-refractivity contribution is 7.89. The summed E-state index contributed by atoms with van der Waals surface area (Å²) >= 11 is 0.988. The van der Waals surface area contributed by atoms with Crippen molar-refractivity contribution in [2.45, 2.75) is 4.90 Å². The summed E-state index contributed by atoms with van der Waals surface area (Å²) in [7, 11) is -3.72. The van der Waals surface area contributed by atoms with Crippen LogP contribution in [-0.4, -0.2) is 68.7 Å². The molecule has 2 aromatic heterocycles. The Labute approximate surface area is 170 Å². The molecule has 1 N–H and O–H groups in total. The molecule has 9 nitrogen and oxygen atoms in total. The molecule has 1 fully saturated rings. The van der Waals surface area contributed by atoms with Crippen LogP contribution < -0.4 is 0 Å². The van der Waals surface area contributed by atoms with E-state index in [-0.39, 0.29) is 23.9 Å². The fourth-order valence-corrected chi connectivity index (χ4v) is 5.71. The highest BCUT2D eigenvalue weighted by Crippen LogP contribution is 2.25. The first-order valence-corrected chi connectivity index (χ1v) is 11.2. The van der Waals surface area contributed by atoms with Gasteiger partial charge in [0.25, 0.3) is 5.91 Å². The van der Waals surface area contributed by atoms with Crippen LogP contribution in [0.4, 0.5) is 0 Å². The van der Waals surface area contributed by atoms with Crippen molar-refractivity contribution in [1.82, 2.24) is 28.1 Å². The number of sulfonamides is 1. The number of para-hydroxylation sites is 1. The molecular weight excluding hydrogens is 412 g/mol. The summed E-state index contributed by atoms with van der Waals surface area (Å²) in [6.45, 7) is 1.02. The van der Waals surface area contributed by atoms with Crippen molar-refractivity contribution in [2.24, 2.45) is 0 Å². The lowest BCUT2D eigenvalue weighted by Crippen LogP contribution is -2.50. The van der Waals surface area contributed by atoms with Crippen molar-refractivity contribution in [3.63, 3.8) is 0 Å². The predicted octanol–water partition coefficient (Wildman–Crippen LogP) is 1.71. The molecule has 0 saturated carbocycles. The van der Waals surface area contributed by atoms with Crippen molar-refractivity contribution in [3.05, 3.63) is 48.2 Å². The van der Waals surface area contributed by atoms with Crippen LogP contribution in [0.15, 0.2) is 47.4 Å². The van der Waals surface area contributed by atoms with Crippen molar-refractivity contribution in [2.75, 3.05) is 26.2 Å². The fraction of sp³-hybridized carbons (Fsp3) is 0.222. The zero-order valence-electron chi connectivity index (χ0n) is 15.1. The topological polar surface area (TPSA) is 112 Å². The molecule has 3 heterocycles. The molecule has 11 heteroatoms. The van der Waals surface area contributed by atoms with Crippen molar-refractivity contribution in [3.8, 4) is 0 Å². The van der Waals surface area contributed by atoms with Crippen LogP contribution >= 0.6 is 11.7 Å². The summed E-state index contributed by atoms with van der Waals surface area (Å²) in [6, 6.07) is 12.4. The molecule has 1 aliphatic rings. The van der Waals surface area contributed by atoms with Gasteiger partial charge in [-0.05, 0) is 18.2 Å². The van der Waals surface area contributed by atoms with Crippen LogP contribution in [0, 0.1) is 0 Å². The molecule has 1 aliphatic heterocycles. The maximum atomic E-state index is 13.1. The minimum atomic E-state index is -3.72. The Balaban J connectivity index is 1.36. The average Bonchev–Trinajstić information content (AvgIpc) is 3.40. The van der Waals surface area contributed by atoms with Crippen molar-refractivity contribution >= 4 is 49.6 Å². The number of hydrogen-bond donors (Lipinski definition) is 1. The van der Waals surface area contributed by atoms with E-state index in [0.29, 0.717) is 29.8 Å². The minimum absolute atomic E-state index is 0.154. The SMILES string of the molecule is O=C(c1n[nH]c2ccccc12)N1CCN(S(=O)(=O)c2cccc3nsnc23)CC1. The maximum Gasteiger partial charge on any atom is 0.275 e. The van der Waals surface area contributed by atoms with Gasteiger partial charge < -0.3 is 4.90 Å². The minimum Gasteiger partial charge on any atom is -0.335 e. The highest BCUT2D eigenvalue weighted by atomic mass is 32.2. The van der Waals surface area contributed by atoms with Gasteiger partial charge in [0.2, 0.25) is 10.0 Å². The van der Waals surface area contributed by atoms with Gasteiger partial charge in [0.1, 0.15) is 15.9 Å². The first-order chi connectivity index (χ1) is 14.1. The molecule has 0 atom stereocenters. The van der Waals surface area contributed by atoms with E-state index < -0.39 is 10.0 Å². The molecule has 1 amide bonds. The molecule has 148 valence electrons. The Morgan fingerprint density at radius 3 is 2.62 bits per heavy atom. The van der Waals surface area contributed by atoms with Gasteiger partial charge in [-0.1, -0.05) is 24.3 Å². The molecule has 0 aliphatic carbocycles. The molecule has 0 unspecified atom stereocenters. The standard InChI is InChI=1S/C18H16N6O3S2/c25-18(16-12-4-1-2-5-13(12)19-20-16)23-8-10-24(11-9-23)29(26,27)15-7-3-6-14-17(15)22-28-21-14/h1-7H,8-11H2,(H,19,20). The second-order valence-corrected chi connectivity index (χ2v) is 9.14. The van der Waals surface area contributed by atoms with Gasteiger partial charge in [-0.15, -0.1) is 0 Å². The Kier molecular flexibility index (Phi) is 4.30. The molecule has 0 radical (unpaired) electrons. The summed E-state index contributed by atoms with van der Waals surface area (Å²) < 4.78 is 35.9. The number of aromatic amines is 1. The number of amides is 1. The fourth-order valence-electron chi connectivity index (χ4n) is 3.54. The lowest BCUT2D eigenvalue weighted by atomic mass is 10.2. The number of nitrogens with one attached hydrogen (secondary N) is 1. The average molecular weight is 428 g/mol. The summed E-state index contributed by atoms with van der Waals surface area (Å²) in [6.07, 6.45) is 0. The number of H-pyrrole nitrogens is 1. The Morgan fingerprint density at radius 2 is 1.79 bits per heavy atom. The summed E-state index contributed by atoms with van der Waals surface area (Å²) in [5.41, 5.74) is 2.10. The Morgan fingerprint density at radius 1 is 1.00 bits per heavy atom. The summed E-state index contributed by atoms with van der Waals surface area (Å²) in [5.74, 6) is -0.203. The number of carbonyl (C=O) groups is 1. The number of carbonyl (C=O) groups excluding carboxylic acids is 1. The summed E-state index contributed by atoms with van der Waals surface area (Å²) in [4.78, 5) is 14.7. The smallest absolute Gasteiger partial charge is 0.275 e. The highest BCUT2D eigenvalue weighted by Gasteiger charge is 2.33. The van der Waals surface area contributed by atoms with Crippen LogP contribution in [0.3, 0.4) is 0 Å². The number of nitrogens with zero attached hydrogens (tertiary/aromatic N) is 5. The van der Waals surface area contributed by atoms with Crippen molar-refractivity contribution < 1.29 is 13.2 Å². The number of rotatable bonds is 3. The summed E-state index contributed by atoms with van der Waals surface area (Å²) in [5, 5.41) is 7.77. The molecule has 1 saturated heterocycles. The zero-order chi connectivity index (χ0) is 20.0. The van der Waals surface area contributed by atoms with Gasteiger partial charge in [0, 0.05) is 31.6 Å². The van der Waals surface area contributed by atoms with E-state index in [1.165, 1.54) is 4.31 Å². The lowest BCUT2D eigenvalue weighted by Gasteiger charge is -2.33. The number of aromatic nitrogens is 4. The largest absolute Gasteiger partial charge is 0.335 e. The number of fused-ring (bicyclic) bond motifs is 2. The van der Waals surface area contributed by atoms with Crippen molar-refractivity contribution in [1.29, 1.82) is 0 Å². The van der Waals surface area contributed by atoms with Gasteiger partial charge in [-0.3, -0.25) is 9.89 Å². The molecule has 0 spiro atoms. The zero-order valence-corrected chi connectivity index (χ0v) is 16.8. The van der Waals surface area contributed by atoms with Gasteiger partial charge in [-0.25, -0.2) is 8.42 Å². The van der Waals surface area contributed by atoms with E-state index in [0.717, 1.165) is 22.6 Å². The second kappa shape index (κ2) is 6.87. The van der Waals surface area contributed by atoms with Crippen LogP contribution in [0.5, 0.6) is 0 Å². The third-order valence-electron chi connectivity index (χ3n) is 5.07. The Bertz CT molecular complexity index is 1320. The monoisotopic (exact) mass is 428 g/mol. The number of hydrogen-bond acceptors (Lipinski definition) is 7. The number of piperazine rings is 1. The first kappa shape index (κ1) is 18.2. The van der Waals surface area contributed by atoms with E-state index >= 15 is 0 Å². The Hall–Kier alpha value is -2.89. The molecule has 0 bridgehead atoms. The molecule has 29 heavy (non-hydrogen) atoms. The third kappa shape index (κ3) is 2.98. The van der Waals surface area contributed by atoms with Crippen LogP contribution in [0.25, 0.3) is 21.9 Å². The van der Waals surface area contributed by atoms with E-state index in [1.54, 1.807) is 23.1 Å². The van der Waals surface area contributed by atoms with Crippen LogP contribution in [-0.2, 0) is 10.0 Å². The molecule has 2 aromatic carbocycles. The van der Waals surface area contributed by atoms with Gasteiger partial charge in [0.05, 0.1) is 17.2 Å². The van der Waals surface area contributed by atoms with E-state index in [9.17, 15) is 13.2 Å². The van der Waals surface area contributed by atoms with Gasteiger partial charge in [-0.2, -0.15) is 18.2 Å². The first-order valence-electron chi connectivity index (χ1n) is 8.99. The van der Waals surface area contributed by atoms with E-state index in [1.807, 2.05) is 24.3 Å². The molecule has 4 aromatic rings. The van der Waals surface area contributed by atoms with Gasteiger partial charge >= 0.3 is 0 Å². The number of benzene rings is 2. The third-order valence-corrected chi connectivity index (χ3v) is 7.54. The normalized spacial score (nSPS) is 15.9. The molecule has 5 rings (SSSR count). The lowest BCUT2D eigenvalue weighted by molar-refractivity contribution is 0.0694. The van der Waals surface area contributed by atoms with E-state index in [4.69, 9.17) is 0 Å². The quantitative estimate of drug-likeness (QED) is 0.532. The maximum absolute atomic E-state index is 13.1.